The van der Waals surface area contributed by atoms with Crippen molar-refractivity contribution in [3.63, 3.8) is 0 Å². The lowest BCUT2D eigenvalue weighted by Crippen LogP contribution is -2.44. The van der Waals surface area contributed by atoms with E-state index in [1.807, 2.05) is 12.1 Å². The minimum atomic E-state index is -0.242. The molecule has 0 unspecified atom stereocenters. The van der Waals surface area contributed by atoms with Crippen LogP contribution in [0.1, 0.15) is 25.7 Å². The molecule has 31 heavy (non-hydrogen) atoms. The van der Waals surface area contributed by atoms with Gasteiger partial charge in [0.1, 0.15) is 11.9 Å². The zero-order valence-corrected chi connectivity index (χ0v) is 17.8. The van der Waals surface area contributed by atoms with Crippen LogP contribution < -0.4 is 21.0 Å². The number of nitrogens with zero attached hydrogens (tertiary/aromatic N) is 5. The third kappa shape index (κ3) is 3.95. The Bertz CT molecular complexity index is 1130. The summed E-state index contributed by atoms with van der Waals surface area (Å²) in [4.78, 5) is 32.5. The fraction of sp³-hybridized carbons (Fsp3) is 0.435. The highest BCUT2D eigenvalue weighted by molar-refractivity contribution is 5.87. The van der Waals surface area contributed by atoms with Crippen molar-refractivity contribution < 1.29 is 4.84 Å². The van der Waals surface area contributed by atoms with E-state index < -0.39 is 0 Å². The van der Waals surface area contributed by atoms with Crippen LogP contribution in [-0.2, 0) is 0 Å². The number of anilines is 2. The molecule has 1 aliphatic carbocycles. The summed E-state index contributed by atoms with van der Waals surface area (Å²) in [6.45, 7) is 4.15. The summed E-state index contributed by atoms with van der Waals surface area (Å²) in [5, 5.41) is 0.621. The Labute approximate surface area is 181 Å². The molecule has 1 aliphatic heterocycles. The predicted octanol–water partition coefficient (Wildman–Crippen LogP) is 2.16. The molecule has 8 heteroatoms. The number of aromatic nitrogens is 3. The molecular formula is C23H28N6O2. The van der Waals surface area contributed by atoms with Crippen molar-refractivity contribution in [2.75, 3.05) is 43.9 Å². The van der Waals surface area contributed by atoms with Crippen molar-refractivity contribution in [3.05, 3.63) is 46.8 Å². The van der Waals surface area contributed by atoms with Gasteiger partial charge in [-0.15, -0.1) is 4.73 Å². The van der Waals surface area contributed by atoms with Crippen LogP contribution in [0.15, 0.2) is 41.2 Å². The number of rotatable bonds is 4. The van der Waals surface area contributed by atoms with E-state index in [4.69, 9.17) is 10.6 Å². The zero-order chi connectivity index (χ0) is 21.4. The Hall–Kier alpha value is -3.13. The van der Waals surface area contributed by atoms with Crippen LogP contribution in [0, 0.1) is 0 Å². The van der Waals surface area contributed by atoms with Crippen molar-refractivity contribution in [3.8, 4) is 11.4 Å². The molecule has 3 heterocycles. The Morgan fingerprint density at radius 3 is 2.39 bits per heavy atom. The first-order valence-electron chi connectivity index (χ1n) is 11.0. The predicted molar refractivity (Wildman–Crippen MR) is 122 cm³/mol. The lowest BCUT2D eigenvalue weighted by Gasteiger charge is -2.34. The van der Waals surface area contributed by atoms with Gasteiger partial charge in [0.25, 0.3) is 5.56 Å². The average Bonchev–Trinajstić information content (AvgIpc) is 3.30. The Kier molecular flexibility index (Phi) is 5.23. The van der Waals surface area contributed by atoms with Crippen LogP contribution in [0.3, 0.4) is 0 Å². The third-order valence-corrected chi connectivity index (χ3v) is 6.29. The van der Waals surface area contributed by atoms with Gasteiger partial charge in [-0.05, 0) is 63.1 Å². The molecule has 0 bridgehead atoms. The number of hydrogen-bond acceptors (Lipinski definition) is 7. The van der Waals surface area contributed by atoms with Crippen molar-refractivity contribution >= 4 is 22.5 Å². The number of benzene rings is 1. The van der Waals surface area contributed by atoms with E-state index >= 15 is 0 Å². The first-order valence-corrected chi connectivity index (χ1v) is 11.0. The molecular weight excluding hydrogens is 392 g/mol. The second kappa shape index (κ2) is 8.19. The summed E-state index contributed by atoms with van der Waals surface area (Å²) < 4.78 is 1.30. The van der Waals surface area contributed by atoms with Crippen LogP contribution in [0.5, 0.6) is 0 Å². The van der Waals surface area contributed by atoms with Gasteiger partial charge in [-0.1, -0.05) is 0 Å². The van der Waals surface area contributed by atoms with Crippen LogP contribution in [-0.4, -0.2) is 58.9 Å². The Morgan fingerprint density at radius 2 is 1.68 bits per heavy atom. The van der Waals surface area contributed by atoms with E-state index in [2.05, 4.69) is 38.9 Å². The maximum Gasteiger partial charge on any atom is 0.285 e. The Morgan fingerprint density at radius 1 is 0.968 bits per heavy atom. The van der Waals surface area contributed by atoms with Crippen molar-refractivity contribution in [2.45, 2.75) is 31.8 Å². The molecule has 1 saturated heterocycles. The molecule has 2 N–H and O–H groups in total. The van der Waals surface area contributed by atoms with Gasteiger partial charge >= 0.3 is 0 Å². The van der Waals surface area contributed by atoms with Gasteiger partial charge in [0.05, 0.1) is 5.39 Å². The van der Waals surface area contributed by atoms with E-state index in [9.17, 15) is 4.79 Å². The summed E-state index contributed by atoms with van der Waals surface area (Å²) in [5.41, 5.74) is 8.47. The highest BCUT2D eigenvalue weighted by Gasteiger charge is 2.20. The third-order valence-electron chi connectivity index (χ3n) is 6.29. The van der Waals surface area contributed by atoms with Gasteiger partial charge in [0.15, 0.2) is 11.5 Å². The smallest absolute Gasteiger partial charge is 0.285 e. The van der Waals surface area contributed by atoms with Gasteiger partial charge in [0, 0.05) is 43.5 Å². The molecule has 3 aromatic rings. The highest BCUT2D eigenvalue weighted by atomic mass is 16.7. The van der Waals surface area contributed by atoms with Gasteiger partial charge in [-0.3, -0.25) is 4.79 Å². The number of pyridine rings is 1. The monoisotopic (exact) mass is 420 g/mol. The number of nitrogens with two attached hydrogens (primary N) is 1. The van der Waals surface area contributed by atoms with Gasteiger partial charge in [-0.2, -0.15) is 0 Å². The average molecular weight is 421 g/mol. The van der Waals surface area contributed by atoms with Crippen LogP contribution in [0.2, 0.25) is 0 Å². The number of likely N-dealkylation sites (N-methyl/N-ethyl adjacent to an activating group) is 1. The van der Waals surface area contributed by atoms with Crippen LogP contribution in [0.4, 0.5) is 11.5 Å². The van der Waals surface area contributed by atoms with E-state index in [1.165, 1.54) is 16.5 Å². The minimum absolute atomic E-state index is 0.0332. The minimum Gasteiger partial charge on any atom is -0.405 e. The van der Waals surface area contributed by atoms with Crippen molar-refractivity contribution in [2.24, 2.45) is 0 Å². The fourth-order valence-electron chi connectivity index (χ4n) is 4.38. The summed E-state index contributed by atoms with van der Waals surface area (Å²) in [6.07, 6.45) is 4.16. The molecule has 0 spiro atoms. The standard InChI is InChI=1S/C23H28N6O2/c1-27-12-14-28(15-13-27)17-8-6-16(7-9-17)22-25-21(24)19-10-11-20(30)29(23(19)26-22)31-18-4-2-3-5-18/h6-11,18H,2-5,12-15H2,1H3,(H2,24,25,26). The molecule has 2 aliphatic rings. The van der Waals surface area contributed by atoms with E-state index in [-0.39, 0.29) is 11.7 Å². The first-order chi connectivity index (χ1) is 15.1. The van der Waals surface area contributed by atoms with Crippen molar-refractivity contribution in [1.82, 2.24) is 19.6 Å². The number of hydrogen-bond donors (Lipinski definition) is 1. The second-order valence-electron chi connectivity index (χ2n) is 8.48. The summed E-state index contributed by atoms with van der Waals surface area (Å²) >= 11 is 0. The van der Waals surface area contributed by atoms with E-state index in [0.717, 1.165) is 57.4 Å². The largest absolute Gasteiger partial charge is 0.405 e. The first kappa shape index (κ1) is 19.8. The van der Waals surface area contributed by atoms with Gasteiger partial charge in [-0.25, -0.2) is 9.97 Å². The molecule has 0 radical (unpaired) electrons. The molecule has 5 rings (SSSR count). The summed E-state index contributed by atoms with van der Waals surface area (Å²) in [7, 11) is 2.15. The lowest BCUT2D eigenvalue weighted by atomic mass is 10.1. The molecule has 1 aromatic carbocycles. The normalized spacial score (nSPS) is 18.0. The summed E-state index contributed by atoms with van der Waals surface area (Å²) in [5.74, 6) is 0.830. The topological polar surface area (TPSA) is 89.5 Å². The second-order valence-corrected chi connectivity index (χ2v) is 8.48. The van der Waals surface area contributed by atoms with Gasteiger partial charge < -0.3 is 20.4 Å². The van der Waals surface area contributed by atoms with Crippen LogP contribution >= 0.6 is 0 Å². The fourth-order valence-corrected chi connectivity index (χ4v) is 4.38. The molecule has 0 atom stereocenters. The van der Waals surface area contributed by atoms with E-state index in [0.29, 0.717) is 22.7 Å². The van der Waals surface area contributed by atoms with Crippen LogP contribution in [0.25, 0.3) is 22.4 Å². The van der Waals surface area contributed by atoms with Crippen molar-refractivity contribution in [1.29, 1.82) is 0 Å². The highest BCUT2D eigenvalue weighted by Crippen LogP contribution is 2.26. The van der Waals surface area contributed by atoms with E-state index in [1.54, 1.807) is 6.07 Å². The molecule has 2 fully saturated rings. The summed E-state index contributed by atoms with van der Waals surface area (Å²) in [6, 6.07) is 11.3. The molecule has 162 valence electrons. The maximum atomic E-state index is 12.6. The van der Waals surface area contributed by atoms with Gasteiger partial charge in [0.2, 0.25) is 0 Å². The molecule has 8 nitrogen and oxygen atoms in total. The zero-order valence-electron chi connectivity index (χ0n) is 17.8. The number of piperazine rings is 1. The number of fused-ring (bicyclic) bond motifs is 1. The lowest BCUT2D eigenvalue weighted by molar-refractivity contribution is 0.0422. The SMILES string of the molecule is CN1CCN(c2ccc(-c3nc(N)c4ccc(=O)n(OC5CCCC5)c4n3)cc2)CC1. The molecule has 1 saturated carbocycles. The quantitative estimate of drug-likeness (QED) is 0.692. The molecule has 2 aromatic heterocycles. The Balaban J connectivity index is 1.49. The number of nitrogen functional groups attached to an aromatic ring is 1. The molecule has 0 amide bonds. The maximum absolute atomic E-state index is 12.6.